The van der Waals surface area contributed by atoms with Crippen molar-refractivity contribution in [2.24, 2.45) is 0 Å². The van der Waals surface area contributed by atoms with Crippen molar-refractivity contribution in [1.29, 1.82) is 0 Å². The molecule has 0 aliphatic carbocycles. The number of aryl methyl sites for hydroxylation is 1. The molecule has 5 nitrogen and oxygen atoms in total. The van der Waals surface area contributed by atoms with Gasteiger partial charge in [0.15, 0.2) is 5.16 Å². The Morgan fingerprint density at radius 1 is 1.07 bits per heavy atom. The molecule has 0 bridgehead atoms. The molecule has 0 spiro atoms. The number of nitrogens with zero attached hydrogens (tertiary/aromatic N) is 4. The van der Waals surface area contributed by atoms with Crippen molar-refractivity contribution in [2.45, 2.75) is 30.8 Å². The Hall–Kier alpha value is -2.02. The number of rotatable bonds is 5. The van der Waals surface area contributed by atoms with Crippen molar-refractivity contribution in [3.8, 4) is 0 Å². The fourth-order valence-corrected chi connectivity index (χ4v) is 4.23. The fourth-order valence-electron chi connectivity index (χ4n) is 3.03. The number of hydrogen-bond donors (Lipinski definition) is 0. The van der Waals surface area contributed by atoms with Gasteiger partial charge in [0.05, 0.1) is 20.9 Å². The van der Waals surface area contributed by atoms with E-state index < -0.39 is 0 Å². The fraction of sp³-hybridized carbons (Fsp3) is 0.211. The lowest BCUT2D eigenvalue weighted by Gasteiger charge is -2.10. The van der Waals surface area contributed by atoms with E-state index in [9.17, 15) is 4.79 Å². The van der Waals surface area contributed by atoms with E-state index in [4.69, 9.17) is 23.2 Å². The standard InChI is InChI=1S/C19H16Cl2N4OS/c1-2-9-24-17(26)13-5-3-4-6-16(13)25-18(24)22-23-19(25)27-11-12-7-8-14(20)15(21)10-12/h3-8,10H,2,9,11H2,1H3. The molecule has 0 radical (unpaired) electrons. The lowest BCUT2D eigenvalue weighted by atomic mass is 10.2. The molecule has 4 aromatic rings. The monoisotopic (exact) mass is 418 g/mol. The minimum Gasteiger partial charge on any atom is -0.276 e. The van der Waals surface area contributed by atoms with Gasteiger partial charge in [0, 0.05) is 12.3 Å². The maximum atomic E-state index is 12.8. The molecule has 0 amide bonds. The van der Waals surface area contributed by atoms with Gasteiger partial charge in [-0.3, -0.25) is 13.8 Å². The first-order valence-corrected chi connectivity index (χ1v) is 10.3. The van der Waals surface area contributed by atoms with Crippen LogP contribution in [-0.2, 0) is 12.3 Å². The zero-order chi connectivity index (χ0) is 19.0. The van der Waals surface area contributed by atoms with Gasteiger partial charge in [0.25, 0.3) is 5.56 Å². The number of hydrogen-bond acceptors (Lipinski definition) is 4. The van der Waals surface area contributed by atoms with Gasteiger partial charge < -0.3 is 0 Å². The van der Waals surface area contributed by atoms with Gasteiger partial charge >= 0.3 is 0 Å². The zero-order valence-corrected chi connectivity index (χ0v) is 16.9. The minimum absolute atomic E-state index is 0.0339. The Labute approximate surface area is 169 Å². The molecule has 0 atom stereocenters. The Bertz CT molecular complexity index is 1200. The highest BCUT2D eigenvalue weighted by molar-refractivity contribution is 7.98. The van der Waals surface area contributed by atoms with Crippen molar-refractivity contribution in [2.75, 3.05) is 0 Å². The van der Waals surface area contributed by atoms with Crippen molar-refractivity contribution in [3.05, 3.63) is 68.4 Å². The van der Waals surface area contributed by atoms with Crippen LogP contribution in [0.1, 0.15) is 18.9 Å². The zero-order valence-electron chi connectivity index (χ0n) is 14.5. The third-order valence-corrected chi connectivity index (χ3v) is 6.02. The van der Waals surface area contributed by atoms with Crippen LogP contribution < -0.4 is 5.56 Å². The predicted molar refractivity (Wildman–Crippen MR) is 111 cm³/mol. The Morgan fingerprint density at radius 2 is 1.89 bits per heavy atom. The van der Waals surface area contributed by atoms with Crippen molar-refractivity contribution < 1.29 is 0 Å². The number of thioether (sulfide) groups is 1. The van der Waals surface area contributed by atoms with E-state index in [1.807, 2.05) is 47.7 Å². The minimum atomic E-state index is -0.0339. The summed E-state index contributed by atoms with van der Waals surface area (Å²) in [6.07, 6.45) is 0.840. The number of fused-ring (bicyclic) bond motifs is 3. The number of para-hydroxylation sites is 1. The molecule has 138 valence electrons. The van der Waals surface area contributed by atoms with E-state index in [-0.39, 0.29) is 5.56 Å². The maximum absolute atomic E-state index is 12.8. The first-order chi connectivity index (χ1) is 13.1. The largest absolute Gasteiger partial charge is 0.276 e. The molecule has 0 saturated heterocycles. The highest BCUT2D eigenvalue weighted by Gasteiger charge is 2.16. The second-order valence-electron chi connectivity index (χ2n) is 6.13. The summed E-state index contributed by atoms with van der Waals surface area (Å²) in [6.45, 7) is 2.64. The molecular weight excluding hydrogens is 403 g/mol. The van der Waals surface area contributed by atoms with E-state index in [1.54, 1.807) is 22.4 Å². The maximum Gasteiger partial charge on any atom is 0.262 e. The number of benzene rings is 2. The Morgan fingerprint density at radius 3 is 2.67 bits per heavy atom. The summed E-state index contributed by atoms with van der Waals surface area (Å²) in [5.74, 6) is 1.23. The summed E-state index contributed by atoms with van der Waals surface area (Å²) >= 11 is 13.6. The van der Waals surface area contributed by atoms with Gasteiger partial charge in [-0.1, -0.05) is 60.1 Å². The van der Waals surface area contributed by atoms with Crippen LogP contribution in [0.3, 0.4) is 0 Å². The van der Waals surface area contributed by atoms with Gasteiger partial charge in [-0.25, -0.2) is 0 Å². The summed E-state index contributed by atoms with van der Waals surface area (Å²) in [6, 6.07) is 13.1. The molecule has 0 saturated carbocycles. The van der Waals surface area contributed by atoms with Crippen LogP contribution in [0.2, 0.25) is 10.0 Å². The summed E-state index contributed by atoms with van der Waals surface area (Å²) in [7, 11) is 0. The lowest BCUT2D eigenvalue weighted by molar-refractivity contribution is 0.662. The molecule has 2 heterocycles. The third kappa shape index (κ3) is 3.33. The molecular formula is C19H16Cl2N4OS. The van der Waals surface area contributed by atoms with Gasteiger partial charge in [0.1, 0.15) is 0 Å². The first-order valence-electron chi connectivity index (χ1n) is 8.53. The molecule has 0 aliphatic heterocycles. The molecule has 2 aromatic heterocycles. The predicted octanol–water partition coefficient (Wildman–Crippen LogP) is 5.05. The molecule has 0 aliphatic rings. The van der Waals surface area contributed by atoms with Crippen LogP contribution in [0.4, 0.5) is 0 Å². The summed E-state index contributed by atoms with van der Waals surface area (Å²) in [5.41, 5.74) is 1.82. The van der Waals surface area contributed by atoms with Crippen LogP contribution in [-0.4, -0.2) is 19.2 Å². The molecule has 0 fully saturated rings. The summed E-state index contributed by atoms with van der Waals surface area (Å²) in [5, 5.41) is 11.1. The quantitative estimate of drug-likeness (QED) is 0.425. The number of aromatic nitrogens is 4. The molecule has 0 unspecified atom stereocenters. The van der Waals surface area contributed by atoms with Crippen molar-refractivity contribution in [3.63, 3.8) is 0 Å². The smallest absolute Gasteiger partial charge is 0.262 e. The van der Waals surface area contributed by atoms with Crippen LogP contribution >= 0.6 is 35.0 Å². The topological polar surface area (TPSA) is 52.2 Å². The van der Waals surface area contributed by atoms with Crippen LogP contribution in [0.5, 0.6) is 0 Å². The number of halogens is 2. The highest BCUT2D eigenvalue weighted by atomic mass is 35.5. The first kappa shape index (κ1) is 18.3. The van der Waals surface area contributed by atoms with Crippen molar-refractivity contribution in [1.82, 2.24) is 19.2 Å². The van der Waals surface area contributed by atoms with Crippen molar-refractivity contribution >= 4 is 51.6 Å². The Balaban J connectivity index is 1.82. The summed E-state index contributed by atoms with van der Waals surface area (Å²) in [4.78, 5) is 12.8. The van der Waals surface area contributed by atoms with E-state index in [1.165, 1.54) is 0 Å². The third-order valence-electron chi connectivity index (χ3n) is 4.28. The second kappa shape index (κ2) is 7.54. The van der Waals surface area contributed by atoms with Crippen LogP contribution in [0, 0.1) is 0 Å². The Kier molecular flexibility index (Phi) is 5.12. The van der Waals surface area contributed by atoms with Crippen LogP contribution in [0.15, 0.2) is 52.4 Å². The SMILES string of the molecule is CCCn1c(=O)c2ccccc2n2c(SCc3ccc(Cl)c(Cl)c3)nnc12. The van der Waals surface area contributed by atoms with Gasteiger partial charge in [0.2, 0.25) is 5.78 Å². The van der Waals surface area contributed by atoms with Gasteiger partial charge in [-0.2, -0.15) is 0 Å². The molecule has 4 rings (SSSR count). The molecule has 2 aromatic carbocycles. The van der Waals surface area contributed by atoms with E-state index >= 15 is 0 Å². The molecule has 0 N–H and O–H groups in total. The molecule has 27 heavy (non-hydrogen) atoms. The average molecular weight is 419 g/mol. The van der Waals surface area contributed by atoms with Gasteiger partial charge in [-0.15, -0.1) is 10.2 Å². The summed E-state index contributed by atoms with van der Waals surface area (Å²) < 4.78 is 3.65. The van der Waals surface area contributed by atoms with E-state index in [0.29, 0.717) is 33.5 Å². The average Bonchev–Trinajstić information content (AvgIpc) is 3.10. The van der Waals surface area contributed by atoms with E-state index in [0.717, 1.165) is 22.7 Å². The van der Waals surface area contributed by atoms with Gasteiger partial charge in [-0.05, 0) is 36.2 Å². The second-order valence-corrected chi connectivity index (χ2v) is 7.89. The van der Waals surface area contributed by atoms with Crippen LogP contribution in [0.25, 0.3) is 16.7 Å². The lowest BCUT2D eigenvalue weighted by Crippen LogP contribution is -2.23. The molecule has 8 heteroatoms. The normalized spacial score (nSPS) is 11.5. The van der Waals surface area contributed by atoms with E-state index in [2.05, 4.69) is 10.2 Å². The highest BCUT2D eigenvalue weighted by Crippen LogP contribution is 2.28.